The summed E-state index contributed by atoms with van der Waals surface area (Å²) in [6.45, 7) is 5.39. The van der Waals surface area contributed by atoms with Gasteiger partial charge in [-0.2, -0.15) is 0 Å². The fourth-order valence-electron chi connectivity index (χ4n) is 5.18. The van der Waals surface area contributed by atoms with Crippen LogP contribution in [0, 0.1) is 5.92 Å². The van der Waals surface area contributed by atoms with Crippen LogP contribution in [-0.4, -0.2) is 38.1 Å². The zero-order valence-corrected chi connectivity index (χ0v) is 21.4. The molecular formula is C31H35N3O3. The smallest absolute Gasteiger partial charge is 0.253 e. The molecule has 1 aliphatic heterocycles. The van der Waals surface area contributed by atoms with E-state index in [4.69, 9.17) is 4.74 Å². The van der Waals surface area contributed by atoms with Crippen LogP contribution in [0.1, 0.15) is 52.7 Å². The molecule has 0 aromatic heterocycles. The molecule has 1 heterocycles. The molecule has 3 aromatic rings. The minimum atomic E-state index is -0.130. The van der Waals surface area contributed by atoms with E-state index < -0.39 is 0 Å². The van der Waals surface area contributed by atoms with Crippen LogP contribution in [0.25, 0.3) is 0 Å². The third-order valence-corrected chi connectivity index (χ3v) is 7.29. The van der Waals surface area contributed by atoms with Gasteiger partial charge in [-0.1, -0.05) is 54.6 Å². The number of hydrogen-bond donors (Lipinski definition) is 2. The summed E-state index contributed by atoms with van der Waals surface area (Å²) < 4.78 is 5.40. The highest BCUT2D eigenvalue weighted by Gasteiger charge is 2.43. The van der Waals surface area contributed by atoms with E-state index in [1.165, 1.54) is 16.7 Å². The number of amides is 2. The van der Waals surface area contributed by atoms with E-state index in [0.717, 1.165) is 38.0 Å². The van der Waals surface area contributed by atoms with E-state index in [9.17, 15) is 9.59 Å². The number of benzene rings is 3. The Labute approximate surface area is 219 Å². The molecule has 2 aliphatic rings. The molecule has 0 spiro atoms. The Morgan fingerprint density at radius 3 is 2.59 bits per heavy atom. The zero-order chi connectivity index (χ0) is 25.6. The number of carbonyl (C=O) groups excluding carboxylic acids is 2. The van der Waals surface area contributed by atoms with E-state index in [2.05, 4.69) is 51.9 Å². The summed E-state index contributed by atoms with van der Waals surface area (Å²) in [6, 6.07) is 24.4. The highest BCUT2D eigenvalue weighted by Crippen LogP contribution is 2.48. The van der Waals surface area contributed by atoms with Crippen LogP contribution in [-0.2, 0) is 22.5 Å². The van der Waals surface area contributed by atoms with Gasteiger partial charge in [-0.15, -0.1) is 0 Å². The summed E-state index contributed by atoms with van der Waals surface area (Å²) in [4.78, 5) is 28.6. The lowest BCUT2D eigenvalue weighted by Gasteiger charge is -2.32. The Morgan fingerprint density at radius 1 is 1.00 bits per heavy atom. The number of nitrogens with one attached hydrogen (secondary N) is 2. The summed E-state index contributed by atoms with van der Waals surface area (Å²) in [7, 11) is 0. The largest absolute Gasteiger partial charge is 0.382 e. The maximum atomic E-state index is 13.3. The Hall–Kier alpha value is -3.64. The van der Waals surface area contributed by atoms with Gasteiger partial charge >= 0.3 is 0 Å². The normalized spacial score (nSPS) is 18.1. The standard InChI is InChI=1S/C31H35N3O3/c1-2-37-18-8-16-32-30(35)28-19-25(33-31(36)27-20-26(27)23-10-4-3-5-11-23)13-14-29(28)34-17-15-22-9-6-7-12-24(22)21-34/h3-7,9-14,19,26-27H,2,8,15-18,20-21H2,1H3,(H,32,35)(H,33,36). The first-order chi connectivity index (χ1) is 18.1. The van der Waals surface area contributed by atoms with Crippen LogP contribution in [0.15, 0.2) is 72.8 Å². The van der Waals surface area contributed by atoms with Gasteiger partial charge in [0, 0.05) is 50.1 Å². The highest BCUT2D eigenvalue weighted by atomic mass is 16.5. The van der Waals surface area contributed by atoms with Crippen molar-refractivity contribution in [2.45, 2.75) is 38.6 Å². The number of hydrogen-bond acceptors (Lipinski definition) is 4. The summed E-state index contributed by atoms with van der Waals surface area (Å²) in [5.74, 6) is 0.116. The topological polar surface area (TPSA) is 70.7 Å². The van der Waals surface area contributed by atoms with Crippen molar-refractivity contribution in [3.05, 3.63) is 95.1 Å². The Kier molecular flexibility index (Phi) is 7.85. The molecule has 2 N–H and O–H groups in total. The van der Waals surface area contributed by atoms with Crippen LogP contribution in [0.2, 0.25) is 0 Å². The summed E-state index contributed by atoms with van der Waals surface area (Å²) >= 11 is 0. The molecule has 6 nitrogen and oxygen atoms in total. The van der Waals surface area contributed by atoms with Crippen molar-refractivity contribution in [2.24, 2.45) is 5.92 Å². The monoisotopic (exact) mass is 497 g/mol. The van der Waals surface area contributed by atoms with Crippen LogP contribution in [0.4, 0.5) is 11.4 Å². The van der Waals surface area contributed by atoms with Gasteiger partial charge in [-0.05, 0) is 67.0 Å². The van der Waals surface area contributed by atoms with Gasteiger partial charge in [0.15, 0.2) is 0 Å². The van der Waals surface area contributed by atoms with Crippen molar-refractivity contribution in [2.75, 3.05) is 36.5 Å². The summed E-state index contributed by atoms with van der Waals surface area (Å²) in [6.07, 6.45) is 2.55. The van der Waals surface area contributed by atoms with E-state index in [0.29, 0.717) is 31.0 Å². The average molecular weight is 498 g/mol. The molecule has 2 unspecified atom stereocenters. The van der Waals surface area contributed by atoms with E-state index in [1.807, 2.05) is 43.3 Å². The quantitative estimate of drug-likeness (QED) is 0.380. The molecule has 0 radical (unpaired) electrons. The van der Waals surface area contributed by atoms with Crippen molar-refractivity contribution < 1.29 is 14.3 Å². The number of anilines is 2. The zero-order valence-electron chi connectivity index (χ0n) is 21.4. The van der Waals surface area contributed by atoms with E-state index in [-0.39, 0.29) is 23.7 Å². The van der Waals surface area contributed by atoms with E-state index in [1.54, 1.807) is 0 Å². The fraction of sp³-hybridized carbons (Fsp3) is 0.355. The van der Waals surface area contributed by atoms with Crippen LogP contribution in [0.5, 0.6) is 0 Å². The molecule has 37 heavy (non-hydrogen) atoms. The van der Waals surface area contributed by atoms with Crippen molar-refractivity contribution in [1.29, 1.82) is 0 Å². The predicted molar refractivity (Wildman–Crippen MR) is 147 cm³/mol. The lowest BCUT2D eigenvalue weighted by atomic mass is 9.98. The first kappa shape index (κ1) is 25.0. The van der Waals surface area contributed by atoms with Crippen LogP contribution in [0.3, 0.4) is 0 Å². The Morgan fingerprint density at radius 2 is 1.78 bits per heavy atom. The van der Waals surface area contributed by atoms with Crippen LogP contribution >= 0.6 is 0 Å². The van der Waals surface area contributed by atoms with Crippen molar-refractivity contribution in [1.82, 2.24) is 5.32 Å². The lowest BCUT2D eigenvalue weighted by Crippen LogP contribution is -2.33. The average Bonchev–Trinajstić information content (AvgIpc) is 3.74. The molecule has 3 aromatic carbocycles. The second-order valence-electron chi connectivity index (χ2n) is 9.83. The fourth-order valence-corrected chi connectivity index (χ4v) is 5.18. The predicted octanol–water partition coefficient (Wildman–Crippen LogP) is 5.15. The molecular weight excluding hydrogens is 462 g/mol. The Bertz CT molecular complexity index is 1240. The van der Waals surface area contributed by atoms with Crippen molar-refractivity contribution in [3.63, 3.8) is 0 Å². The van der Waals surface area contributed by atoms with Gasteiger partial charge in [0.2, 0.25) is 5.91 Å². The third kappa shape index (κ3) is 6.03. The van der Waals surface area contributed by atoms with Gasteiger partial charge in [0.1, 0.15) is 0 Å². The number of fused-ring (bicyclic) bond motifs is 1. The first-order valence-corrected chi connectivity index (χ1v) is 13.3. The number of nitrogens with zero attached hydrogens (tertiary/aromatic N) is 1. The van der Waals surface area contributed by atoms with Crippen molar-refractivity contribution in [3.8, 4) is 0 Å². The molecule has 5 rings (SSSR count). The van der Waals surface area contributed by atoms with E-state index >= 15 is 0 Å². The molecule has 192 valence electrons. The van der Waals surface area contributed by atoms with Crippen LogP contribution < -0.4 is 15.5 Å². The second-order valence-corrected chi connectivity index (χ2v) is 9.83. The molecule has 2 atom stereocenters. The molecule has 0 saturated heterocycles. The molecule has 1 fully saturated rings. The molecule has 1 aliphatic carbocycles. The lowest BCUT2D eigenvalue weighted by molar-refractivity contribution is -0.117. The maximum Gasteiger partial charge on any atom is 0.253 e. The first-order valence-electron chi connectivity index (χ1n) is 13.3. The number of ether oxygens (including phenoxy) is 1. The van der Waals surface area contributed by atoms with Gasteiger partial charge in [-0.3, -0.25) is 9.59 Å². The summed E-state index contributed by atoms with van der Waals surface area (Å²) in [5, 5.41) is 6.11. The van der Waals surface area contributed by atoms with Gasteiger partial charge in [0.05, 0.1) is 5.56 Å². The number of rotatable bonds is 10. The Balaban J connectivity index is 1.32. The summed E-state index contributed by atoms with van der Waals surface area (Å²) in [5.41, 5.74) is 5.99. The molecule has 0 bridgehead atoms. The van der Waals surface area contributed by atoms with Crippen molar-refractivity contribution >= 4 is 23.2 Å². The van der Waals surface area contributed by atoms with Gasteiger partial charge < -0.3 is 20.3 Å². The molecule has 1 saturated carbocycles. The SMILES string of the molecule is CCOCCCNC(=O)c1cc(NC(=O)C2CC2c2ccccc2)ccc1N1CCc2ccccc2C1. The molecule has 6 heteroatoms. The number of carbonyl (C=O) groups is 2. The maximum absolute atomic E-state index is 13.3. The van der Waals surface area contributed by atoms with Gasteiger partial charge in [-0.25, -0.2) is 0 Å². The minimum absolute atomic E-state index is 0.0107. The molecule has 2 amide bonds. The highest BCUT2D eigenvalue weighted by molar-refractivity contribution is 6.02. The second kappa shape index (κ2) is 11.6. The minimum Gasteiger partial charge on any atom is -0.382 e. The third-order valence-electron chi connectivity index (χ3n) is 7.29. The van der Waals surface area contributed by atoms with Gasteiger partial charge in [0.25, 0.3) is 5.91 Å².